The molecule has 0 aliphatic rings. The monoisotopic (exact) mass is 443 g/mol. The van der Waals surface area contributed by atoms with Gasteiger partial charge in [-0.25, -0.2) is 0 Å². The fourth-order valence-electron chi connectivity index (χ4n) is 3.59. The van der Waals surface area contributed by atoms with Crippen LogP contribution in [0.5, 0.6) is 0 Å². The Labute approximate surface area is 182 Å². The van der Waals surface area contributed by atoms with Crippen molar-refractivity contribution in [1.82, 2.24) is 4.57 Å². The lowest BCUT2D eigenvalue weighted by Crippen LogP contribution is -1.97. The maximum atomic E-state index is 4.05. The number of fused-ring (bicyclic) bond motifs is 1. The molecule has 0 radical (unpaired) electrons. The van der Waals surface area contributed by atoms with E-state index >= 15 is 0 Å². The maximum absolute atomic E-state index is 4.05. The Balaban J connectivity index is 0.00000117. The van der Waals surface area contributed by atoms with E-state index in [0.717, 1.165) is 21.4 Å². The maximum Gasteiger partial charge on any atom is 0.0541 e. The van der Waals surface area contributed by atoms with Crippen LogP contribution in [0.4, 0.5) is 0 Å². The number of hydrogen-bond donors (Lipinski definition) is 0. The van der Waals surface area contributed by atoms with Crippen LogP contribution in [0, 0.1) is 0 Å². The van der Waals surface area contributed by atoms with Gasteiger partial charge in [0.05, 0.1) is 11.2 Å². The largest absolute Gasteiger partial charge is 0.309 e. The van der Waals surface area contributed by atoms with E-state index in [-0.39, 0.29) is 0 Å². The van der Waals surface area contributed by atoms with Gasteiger partial charge in [-0.3, -0.25) is 0 Å². The second-order valence-corrected chi connectivity index (χ2v) is 7.33. The summed E-state index contributed by atoms with van der Waals surface area (Å²) in [7, 11) is 0. The fraction of sp³-hybridized carbons (Fsp3) is 0.111. The smallest absolute Gasteiger partial charge is 0.0541 e. The lowest BCUT2D eigenvalue weighted by Gasteiger charge is -2.12. The summed E-state index contributed by atoms with van der Waals surface area (Å²) in [5, 5.41) is 1.22. The number of aromatic nitrogens is 1. The molecule has 0 N–H and O–H groups in total. The van der Waals surface area contributed by atoms with Crippen LogP contribution in [0.15, 0.2) is 89.9 Å². The predicted octanol–water partition coefficient (Wildman–Crippen LogP) is 8.76. The molecule has 2 heteroatoms. The number of allylic oxidation sites excluding steroid dienone is 1. The average molecular weight is 444 g/mol. The molecule has 146 valence electrons. The predicted molar refractivity (Wildman–Crippen MR) is 133 cm³/mol. The van der Waals surface area contributed by atoms with Crippen LogP contribution in [-0.2, 0) is 0 Å². The molecule has 0 fully saturated rings. The van der Waals surface area contributed by atoms with Gasteiger partial charge in [-0.1, -0.05) is 91.0 Å². The van der Waals surface area contributed by atoms with E-state index < -0.39 is 0 Å². The van der Waals surface area contributed by atoms with Crippen molar-refractivity contribution in [3.05, 3.63) is 101 Å². The first-order valence-corrected chi connectivity index (χ1v) is 10.8. The number of halogens is 1. The first kappa shape index (κ1) is 20.9. The molecule has 4 aromatic rings. The van der Waals surface area contributed by atoms with Gasteiger partial charge in [-0.2, -0.15) is 0 Å². The molecule has 1 heterocycles. The summed E-state index contributed by atoms with van der Waals surface area (Å²) in [6, 6.07) is 25.6. The molecule has 0 amide bonds. The van der Waals surface area contributed by atoms with Gasteiger partial charge in [0.25, 0.3) is 0 Å². The minimum Gasteiger partial charge on any atom is -0.309 e. The standard InChI is InChI=1S/C25H20BrN.C2H6/c1-3-9-24-22(4-2)23-14-5-6-15-25(23)27(24)21-13-8-11-19(17-21)18-10-7-12-20(26)16-18;1-2/h3-17H,2H2,1H3;1-2H3/b9-3-;. The average Bonchev–Trinajstić information content (AvgIpc) is 3.08. The van der Waals surface area contributed by atoms with Crippen molar-refractivity contribution < 1.29 is 0 Å². The molecule has 1 aromatic heterocycles. The summed E-state index contributed by atoms with van der Waals surface area (Å²) in [5.74, 6) is 0. The summed E-state index contributed by atoms with van der Waals surface area (Å²) < 4.78 is 3.40. The lowest BCUT2D eigenvalue weighted by atomic mass is 10.1. The highest BCUT2D eigenvalue weighted by Gasteiger charge is 2.14. The van der Waals surface area contributed by atoms with Crippen molar-refractivity contribution in [2.45, 2.75) is 20.8 Å². The number of para-hydroxylation sites is 1. The molecule has 0 bridgehead atoms. The van der Waals surface area contributed by atoms with Crippen molar-refractivity contribution in [2.75, 3.05) is 0 Å². The van der Waals surface area contributed by atoms with Crippen LogP contribution in [0.1, 0.15) is 32.0 Å². The van der Waals surface area contributed by atoms with E-state index in [1.54, 1.807) is 0 Å². The van der Waals surface area contributed by atoms with Gasteiger partial charge in [-0.15, -0.1) is 0 Å². The van der Waals surface area contributed by atoms with Crippen LogP contribution >= 0.6 is 15.9 Å². The van der Waals surface area contributed by atoms with Crippen LogP contribution < -0.4 is 0 Å². The van der Waals surface area contributed by atoms with Crippen LogP contribution in [-0.4, -0.2) is 4.57 Å². The van der Waals surface area contributed by atoms with Crippen molar-refractivity contribution in [2.24, 2.45) is 0 Å². The van der Waals surface area contributed by atoms with E-state index in [2.05, 4.69) is 106 Å². The van der Waals surface area contributed by atoms with Gasteiger partial charge in [0.2, 0.25) is 0 Å². The van der Waals surface area contributed by atoms with Gasteiger partial charge in [0, 0.05) is 21.1 Å². The van der Waals surface area contributed by atoms with Crippen molar-refractivity contribution in [3.8, 4) is 16.8 Å². The highest BCUT2D eigenvalue weighted by molar-refractivity contribution is 9.10. The Morgan fingerprint density at radius 2 is 1.55 bits per heavy atom. The number of hydrogen-bond acceptors (Lipinski definition) is 0. The van der Waals surface area contributed by atoms with Gasteiger partial charge in [0.1, 0.15) is 0 Å². The van der Waals surface area contributed by atoms with Gasteiger partial charge < -0.3 is 4.57 Å². The summed E-state index contributed by atoms with van der Waals surface area (Å²) in [6.45, 7) is 10.1. The molecule has 1 nitrogen and oxygen atoms in total. The van der Waals surface area contributed by atoms with Gasteiger partial charge in [-0.05, 0) is 54.5 Å². The van der Waals surface area contributed by atoms with Crippen molar-refractivity contribution in [1.29, 1.82) is 0 Å². The summed E-state index contributed by atoms with van der Waals surface area (Å²) in [5.41, 5.74) is 7.03. The summed E-state index contributed by atoms with van der Waals surface area (Å²) >= 11 is 3.57. The van der Waals surface area contributed by atoms with E-state index in [9.17, 15) is 0 Å². The first-order valence-electron chi connectivity index (χ1n) is 9.98. The number of nitrogens with zero attached hydrogens (tertiary/aromatic N) is 1. The highest BCUT2D eigenvalue weighted by Crippen LogP contribution is 2.33. The molecule has 4 rings (SSSR count). The Morgan fingerprint density at radius 3 is 2.24 bits per heavy atom. The normalized spacial score (nSPS) is 10.8. The van der Waals surface area contributed by atoms with Crippen molar-refractivity contribution >= 4 is 39.0 Å². The quantitative estimate of drug-likeness (QED) is 0.296. The van der Waals surface area contributed by atoms with E-state index in [4.69, 9.17) is 0 Å². The van der Waals surface area contributed by atoms with Gasteiger partial charge >= 0.3 is 0 Å². The highest BCUT2D eigenvalue weighted by atomic mass is 79.9. The second-order valence-electron chi connectivity index (χ2n) is 6.42. The SMILES string of the molecule is C=Cc1c(/C=C\C)n(-c2cccc(-c3cccc(Br)c3)c2)c2ccccc12.CC. The van der Waals surface area contributed by atoms with Crippen molar-refractivity contribution in [3.63, 3.8) is 0 Å². The Morgan fingerprint density at radius 1 is 0.862 bits per heavy atom. The molecule has 0 spiro atoms. The third-order valence-electron chi connectivity index (χ3n) is 4.74. The second kappa shape index (κ2) is 9.58. The molecule has 0 saturated heterocycles. The zero-order valence-corrected chi connectivity index (χ0v) is 18.8. The molecule has 0 saturated carbocycles. The molecule has 0 aliphatic heterocycles. The lowest BCUT2D eigenvalue weighted by molar-refractivity contribution is 1.11. The third kappa shape index (κ3) is 4.13. The molecular formula is C27H26BrN. The minimum absolute atomic E-state index is 1.08. The topological polar surface area (TPSA) is 4.93 Å². The molecule has 0 atom stereocenters. The zero-order valence-electron chi connectivity index (χ0n) is 17.2. The van der Waals surface area contributed by atoms with E-state index in [1.807, 2.05) is 32.9 Å². The van der Waals surface area contributed by atoms with Crippen LogP contribution in [0.25, 0.3) is 39.9 Å². The van der Waals surface area contributed by atoms with Crippen LogP contribution in [0.2, 0.25) is 0 Å². The number of benzene rings is 3. The zero-order chi connectivity index (χ0) is 20.8. The number of rotatable bonds is 4. The molecule has 3 aromatic carbocycles. The first-order chi connectivity index (χ1) is 14.2. The van der Waals surface area contributed by atoms with E-state index in [0.29, 0.717) is 0 Å². The minimum atomic E-state index is 1.08. The van der Waals surface area contributed by atoms with E-state index in [1.165, 1.54) is 22.0 Å². The third-order valence-corrected chi connectivity index (χ3v) is 5.24. The Hall–Kier alpha value is -2.84. The Bertz CT molecular complexity index is 1160. The van der Waals surface area contributed by atoms with Crippen LogP contribution in [0.3, 0.4) is 0 Å². The van der Waals surface area contributed by atoms with Gasteiger partial charge in [0.15, 0.2) is 0 Å². The molecule has 0 unspecified atom stereocenters. The summed E-state index contributed by atoms with van der Waals surface area (Å²) in [4.78, 5) is 0. The molecular weight excluding hydrogens is 418 g/mol. The Kier molecular flexibility index (Phi) is 6.90. The fourth-order valence-corrected chi connectivity index (χ4v) is 3.99. The molecule has 29 heavy (non-hydrogen) atoms. The molecule has 0 aliphatic carbocycles. The summed E-state index contributed by atoms with van der Waals surface area (Å²) in [6.07, 6.45) is 6.19.